The first-order valence-electron chi connectivity index (χ1n) is 5.71. The minimum atomic E-state index is -0.177. The van der Waals surface area contributed by atoms with Crippen LogP contribution < -0.4 is 4.74 Å². The molecule has 3 heteroatoms. The fraction of sp³-hybridized carbons (Fsp3) is 0.500. The maximum absolute atomic E-state index is 11.2. The van der Waals surface area contributed by atoms with Crippen LogP contribution in [-0.2, 0) is 9.53 Å². The van der Waals surface area contributed by atoms with Crippen molar-refractivity contribution in [1.29, 1.82) is 0 Å². The Labute approximate surface area is 103 Å². The Kier molecular flexibility index (Phi) is 4.55. The van der Waals surface area contributed by atoms with Crippen LogP contribution in [0.15, 0.2) is 12.1 Å². The lowest BCUT2D eigenvalue weighted by atomic mass is 9.94. The van der Waals surface area contributed by atoms with E-state index in [0.717, 1.165) is 22.4 Å². The molecule has 0 fully saturated rings. The molecule has 1 aromatic rings. The van der Waals surface area contributed by atoms with Gasteiger partial charge in [0.15, 0.2) is 0 Å². The van der Waals surface area contributed by atoms with Crippen molar-refractivity contribution in [3.05, 3.63) is 28.8 Å². The van der Waals surface area contributed by atoms with Gasteiger partial charge in [-0.15, -0.1) is 0 Å². The van der Waals surface area contributed by atoms with Crippen LogP contribution in [-0.4, -0.2) is 20.2 Å². The first-order valence-corrected chi connectivity index (χ1v) is 5.71. The number of esters is 1. The van der Waals surface area contributed by atoms with Gasteiger partial charge < -0.3 is 9.47 Å². The van der Waals surface area contributed by atoms with Crippen molar-refractivity contribution in [2.45, 2.75) is 33.1 Å². The molecule has 1 rings (SSSR count). The molecule has 0 aliphatic rings. The summed E-state index contributed by atoms with van der Waals surface area (Å²) in [5, 5.41) is 0. The summed E-state index contributed by atoms with van der Waals surface area (Å²) in [5.41, 5.74) is 3.34. The zero-order valence-electron chi connectivity index (χ0n) is 11.2. The van der Waals surface area contributed by atoms with Crippen molar-refractivity contribution in [2.75, 3.05) is 14.2 Å². The van der Waals surface area contributed by atoms with E-state index in [2.05, 4.69) is 16.9 Å². The van der Waals surface area contributed by atoms with E-state index in [-0.39, 0.29) is 11.9 Å². The van der Waals surface area contributed by atoms with Crippen LogP contribution in [0, 0.1) is 13.8 Å². The van der Waals surface area contributed by atoms with Crippen molar-refractivity contribution in [3.63, 3.8) is 0 Å². The molecule has 3 nitrogen and oxygen atoms in total. The highest BCUT2D eigenvalue weighted by Crippen LogP contribution is 2.29. The Bertz CT molecular complexity index is 387. The van der Waals surface area contributed by atoms with Crippen molar-refractivity contribution < 1.29 is 14.3 Å². The summed E-state index contributed by atoms with van der Waals surface area (Å²) < 4.78 is 10.0. The number of hydrogen-bond acceptors (Lipinski definition) is 3. The summed E-state index contributed by atoms with van der Waals surface area (Å²) in [5.74, 6) is 0.897. The molecule has 0 aliphatic heterocycles. The summed E-state index contributed by atoms with van der Waals surface area (Å²) in [7, 11) is 3.09. The van der Waals surface area contributed by atoms with Gasteiger partial charge in [0, 0.05) is 0 Å². The molecule has 1 atom stereocenters. The third kappa shape index (κ3) is 3.22. The second-order valence-corrected chi connectivity index (χ2v) is 4.37. The summed E-state index contributed by atoms with van der Waals surface area (Å²) in [4.78, 5) is 11.2. The topological polar surface area (TPSA) is 35.5 Å². The van der Waals surface area contributed by atoms with E-state index in [9.17, 15) is 4.79 Å². The van der Waals surface area contributed by atoms with E-state index in [1.54, 1.807) is 7.11 Å². The summed E-state index contributed by atoms with van der Waals surface area (Å²) in [6.45, 7) is 6.05. The van der Waals surface area contributed by atoms with Crippen LogP contribution >= 0.6 is 0 Å². The van der Waals surface area contributed by atoms with Gasteiger partial charge in [0.25, 0.3) is 0 Å². The van der Waals surface area contributed by atoms with Crippen molar-refractivity contribution in [2.24, 2.45) is 0 Å². The van der Waals surface area contributed by atoms with Gasteiger partial charge >= 0.3 is 5.97 Å². The fourth-order valence-electron chi connectivity index (χ4n) is 2.04. The first kappa shape index (κ1) is 13.6. The summed E-state index contributed by atoms with van der Waals surface area (Å²) >= 11 is 0. The second kappa shape index (κ2) is 5.71. The minimum absolute atomic E-state index is 0.158. The smallest absolute Gasteiger partial charge is 0.306 e. The van der Waals surface area contributed by atoms with Crippen molar-refractivity contribution >= 4 is 5.97 Å². The highest BCUT2D eigenvalue weighted by atomic mass is 16.5. The maximum Gasteiger partial charge on any atom is 0.306 e. The number of carbonyl (C=O) groups excluding carboxylic acids is 1. The normalized spacial score (nSPS) is 12.1. The molecule has 0 heterocycles. The lowest BCUT2D eigenvalue weighted by molar-refractivity contribution is -0.140. The first-order chi connectivity index (χ1) is 7.99. The van der Waals surface area contributed by atoms with Crippen LogP contribution in [0.4, 0.5) is 0 Å². The molecule has 0 bridgehead atoms. The van der Waals surface area contributed by atoms with E-state index >= 15 is 0 Å². The largest absolute Gasteiger partial charge is 0.496 e. The highest BCUT2D eigenvalue weighted by molar-refractivity contribution is 5.70. The number of aryl methyl sites for hydroxylation is 2. The van der Waals surface area contributed by atoms with Gasteiger partial charge in [0.2, 0.25) is 0 Å². The number of ether oxygens (including phenoxy) is 2. The molecule has 94 valence electrons. The van der Waals surface area contributed by atoms with Crippen LogP contribution in [0.5, 0.6) is 5.75 Å². The monoisotopic (exact) mass is 236 g/mol. The predicted molar refractivity (Wildman–Crippen MR) is 67.5 cm³/mol. The molecule has 0 aliphatic carbocycles. The van der Waals surface area contributed by atoms with Gasteiger partial charge in [-0.3, -0.25) is 4.79 Å². The van der Waals surface area contributed by atoms with Gasteiger partial charge in [-0.25, -0.2) is 0 Å². The number of methoxy groups -OCH3 is 2. The third-order valence-corrected chi connectivity index (χ3v) is 2.96. The van der Waals surface area contributed by atoms with Gasteiger partial charge in [0.05, 0.1) is 20.6 Å². The Hall–Kier alpha value is -1.51. The van der Waals surface area contributed by atoms with Crippen LogP contribution in [0.25, 0.3) is 0 Å². The molecule has 0 radical (unpaired) electrons. The van der Waals surface area contributed by atoms with Crippen molar-refractivity contribution in [1.82, 2.24) is 0 Å². The SMILES string of the molecule is COC(=O)CC(C)c1cc(C)c(OC)c(C)c1. The Balaban J connectivity index is 2.96. The minimum Gasteiger partial charge on any atom is -0.496 e. The lowest BCUT2D eigenvalue weighted by Gasteiger charge is -2.15. The molecular formula is C14H20O3. The molecule has 0 aromatic heterocycles. The van der Waals surface area contributed by atoms with Crippen LogP contribution in [0.2, 0.25) is 0 Å². The number of rotatable bonds is 4. The van der Waals surface area contributed by atoms with E-state index < -0.39 is 0 Å². The number of carbonyl (C=O) groups is 1. The number of benzene rings is 1. The van der Waals surface area contributed by atoms with Gasteiger partial charge in [-0.05, 0) is 36.5 Å². The zero-order chi connectivity index (χ0) is 13.0. The quantitative estimate of drug-likeness (QED) is 0.754. The molecule has 1 aromatic carbocycles. The molecule has 0 spiro atoms. The zero-order valence-corrected chi connectivity index (χ0v) is 11.2. The van der Waals surface area contributed by atoms with Crippen LogP contribution in [0.1, 0.15) is 36.0 Å². The van der Waals surface area contributed by atoms with E-state index in [1.165, 1.54) is 7.11 Å². The van der Waals surface area contributed by atoms with Gasteiger partial charge in [0.1, 0.15) is 5.75 Å². The molecule has 1 unspecified atom stereocenters. The second-order valence-electron chi connectivity index (χ2n) is 4.37. The Morgan fingerprint density at radius 3 is 2.18 bits per heavy atom. The van der Waals surface area contributed by atoms with Gasteiger partial charge in [-0.2, -0.15) is 0 Å². The van der Waals surface area contributed by atoms with E-state index in [1.807, 2.05) is 20.8 Å². The molecule has 0 N–H and O–H groups in total. The molecule has 0 saturated heterocycles. The third-order valence-electron chi connectivity index (χ3n) is 2.96. The molecule has 0 saturated carbocycles. The molecule has 0 amide bonds. The summed E-state index contributed by atoms with van der Waals surface area (Å²) in [6, 6.07) is 4.14. The maximum atomic E-state index is 11.2. The van der Waals surface area contributed by atoms with E-state index in [0.29, 0.717) is 6.42 Å². The predicted octanol–water partition coefficient (Wildman–Crippen LogP) is 2.98. The Morgan fingerprint density at radius 2 is 1.76 bits per heavy atom. The van der Waals surface area contributed by atoms with Crippen molar-refractivity contribution in [3.8, 4) is 5.75 Å². The lowest BCUT2D eigenvalue weighted by Crippen LogP contribution is -2.06. The number of hydrogen-bond donors (Lipinski definition) is 0. The summed E-state index contributed by atoms with van der Waals surface area (Å²) in [6.07, 6.45) is 0.404. The Morgan fingerprint density at radius 1 is 1.24 bits per heavy atom. The van der Waals surface area contributed by atoms with Crippen LogP contribution in [0.3, 0.4) is 0 Å². The molecular weight excluding hydrogens is 216 g/mol. The molecule has 17 heavy (non-hydrogen) atoms. The average molecular weight is 236 g/mol. The highest BCUT2D eigenvalue weighted by Gasteiger charge is 2.14. The average Bonchev–Trinajstić information content (AvgIpc) is 2.28. The standard InChI is InChI=1S/C14H20O3/c1-9(8-13(15)16-4)12-6-10(2)14(17-5)11(3)7-12/h6-7,9H,8H2,1-5H3. The van der Waals surface area contributed by atoms with Gasteiger partial charge in [-0.1, -0.05) is 19.1 Å². The fourth-order valence-corrected chi connectivity index (χ4v) is 2.04. The van der Waals surface area contributed by atoms with E-state index in [4.69, 9.17) is 4.74 Å².